The lowest BCUT2D eigenvalue weighted by molar-refractivity contribution is 0.101. The maximum Gasteiger partial charge on any atom is 0.159 e. The third-order valence-electron chi connectivity index (χ3n) is 4.97. The van der Waals surface area contributed by atoms with Gasteiger partial charge in [-0.1, -0.05) is 30.3 Å². The lowest BCUT2D eigenvalue weighted by atomic mass is 10.0. The highest BCUT2D eigenvalue weighted by Crippen LogP contribution is 2.33. The SMILES string of the molecule is CC(=O)c1ccc2c(c1)CN(C)CCN2c1ccc2ccccc2c1. The van der Waals surface area contributed by atoms with E-state index in [9.17, 15) is 4.79 Å². The quantitative estimate of drug-likeness (QED) is 0.640. The molecule has 0 radical (unpaired) electrons. The van der Waals surface area contributed by atoms with E-state index in [2.05, 4.69) is 65.4 Å². The van der Waals surface area contributed by atoms with Crippen LogP contribution in [0.25, 0.3) is 10.8 Å². The van der Waals surface area contributed by atoms with Gasteiger partial charge in [0, 0.05) is 36.6 Å². The molecule has 0 fully saturated rings. The van der Waals surface area contributed by atoms with Gasteiger partial charge in [0.2, 0.25) is 0 Å². The largest absolute Gasteiger partial charge is 0.340 e. The van der Waals surface area contributed by atoms with E-state index in [-0.39, 0.29) is 5.78 Å². The molecular weight excluding hydrogens is 308 g/mol. The first kappa shape index (κ1) is 15.9. The molecule has 126 valence electrons. The molecule has 3 aromatic carbocycles. The number of rotatable bonds is 2. The average molecular weight is 330 g/mol. The highest BCUT2D eigenvalue weighted by atomic mass is 16.1. The van der Waals surface area contributed by atoms with Gasteiger partial charge in [-0.25, -0.2) is 0 Å². The summed E-state index contributed by atoms with van der Waals surface area (Å²) >= 11 is 0. The van der Waals surface area contributed by atoms with E-state index in [0.717, 1.165) is 25.2 Å². The predicted octanol–water partition coefficient (Wildman–Crippen LogP) is 4.63. The van der Waals surface area contributed by atoms with Gasteiger partial charge in [-0.3, -0.25) is 4.79 Å². The summed E-state index contributed by atoms with van der Waals surface area (Å²) in [7, 11) is 2.13. The zero-order valence-electron chi connectivity index (χ0n) is 14.7. The Bertz CT molecular complexity index is 948. The van der Waals surface area contributed by atoms with Crippen molar-refractivity contribution in [1.82, 2.24) is 4.90 Å². The topological polar surface area (TPSA) is 23.6 Å². The predicted molar refractivity (Wildman–Crippen MR) is 104 cm³/mol. The Hall–Kier alpha value is -2.65. The summed E-state index contributed by atoms with van der Waals surface area (Å²) in [5.41, 5.74) is 4.39. The zero-order valence-corrected chi connectivity index (χ0v) is 14.7. The summed E-state index contributed by atoms with van der Waals surface area (Å²) in [5.74, 6) is 0.118. The molecule has 0 bridgehead atoms. The van der Waals surface area contributed by atoms with Crippen LogP contribution in [0.2, 0.25) is 0 Å². The fraction of sp³-hybridized carbons (Fsp3) is 0.227. The monoisotopic (exact) mass is 330 g/mol. The molecule has 1 aliphatic rings. The molecule has 0 aromatic heterocycles. The Morgan fingerprint density at radius 2 is 1.72 bits per heavy atom. The number of fused-ring (bicyclic) bond motifs is 2. The van der Waals surface area contributed by atoms with E-state index >= 15 is 0 Å². The summed E-state index contributed by atoms with van der Waals surface area (Å²) in [6.45, 7) is 4.40. The van der Waals surface area contributed by atoms with Gasteiger partial charge in [0.1, 0.15) is 0 Å². The van der Waals surface area contributed by atoms with Gasteiger partial charge < -0.3 is 9.80 Å². The number of carbonyl (C=O) groups excluding carboxylic acids is 1. The maximum atomic E-state index is 11.8. The second kappa shape index (κ2) is 6.34. The fourth-order valence-electron chi connectivity index (χ4n) is 3.57. The average Bonchev–Trinajstić information content (AvgIpc) is 2.78. The van der Waals surface area contributed by atoms with Crippen LogP contribution >= 0.6 is 0 Å². The lowest BCUT2D eigenvalue weighted by Gasteiger charge is -2.25. The van der Waals surface area contributed by atoms with Gasteiger partial charge in [-0.05, 0) is 60.6 Å². The van der Waals surface area contributed by atoms with Crippen LogP contribution in [0.5, 0.6) is 0 Å². The van der Waals surface area contributed by atoms with Crippen molar-refractivity contribution in [2.24, 2.45) is 0 Å². The van der Waals surface area contributed by atoms with Crippen LogP contribution in [0.1, 0.15) is 22.8 Å². The minimum absolute atomic E-state index is 0.118. The standard InChI is InChI=1S/C22H22N2O/c1-16(25)18-8-10-22-20(13-18)15-23(2)11-12-24(22)21-9-7-17-5-3-4-6-19(17)14-21/h3-10,13-14H,11-12,15H2,1-2H3. The van der Waals surface area contributed by atoms with Crippen molar-refractivity contribution in [2.45, 2.75) is 13.5 Å². The van der Waals surface area contributed by atoms with Crippen molar-refractivity contribution < 1.29 is 4.79 Å². The summed E-state index contributed by atoms with van der Waals surface area (Å²) in [6.07, 6.45) is 0. The Kier molecular flexibility index (Phi) is 4.02. The normalized spacial score (nSPS) is 15.0. The van der Waals surface area contributed by atoms with Crippen LogP contribution in [0.4, 0.5) is 11.4 Å². The molecule has 25 heavy (non-hydrogen) atoms. The molecule has 0 spiro atoms. The first-order chi connectivity index (χ1) is 12.1. The Labute approximate surface area is 148 Å². The molecule has 0 saturated carbocycles. The van der Waals surface area contributed by atoms with Gasteiger partial charge in [0.25, 0.3) is 0 Å². The zero-order chi connectivity index (χ0) is 17.4. The van der Waals surface area contributed by atoms with Crippen molar-refractivity contribution in [3.8, 4) is 0 Å². The molecule has 3 aromatic rings. The number of hydrogen-bond acceptors (Lipinski definition) is 3. The van der Waals surface area contributed by atoms with Crippen LogP contribution < -0.4 is 4.90 Å². The summed E-state index contributed by atoms with van der Waals surface area (Å²) in [5, 5.41) is 2.50. The van der Waals surface area contributed by atoms with E-state index in [1.54, 1.807) is 6.92 Å². The van der Waals surface area contributed by atoms with Crippen LogP contribution in [-0.2, 0) is 6.54 Å². The van der Waals surface area contributed by atoms with E-state index in [4.69, 9.17) is 0 Å². The highest BCUT2D eigenvalue weighted by Gasteiger charge is 2.20. The van der Waals surface area contributed by atoms with E-state index in [1.165, 1.54) is 27.7 Å². The number of Topliss-reactive ketones (excluding diaryl/α,β-unsaturated/α-hetero) is 1. The van der Waals surface area contributed by atoms with Crippen molar-refractivity contribution in [1.29, 1.82) is 0 Å². The maximum absolute atomic E-state index is 11.8. The van der Waals surface area contributed by atoms with Gasteiger partial charge in [0.05, 0.1) is 0 Å². The Balaban J connectivity index is 1.82. The molecule has 0 unspecified atom stereocenters. The Morgan fingerprint density at radius 1 is 0.920 bits per heavy atom. The number of likely N-dealkylation sites (N-methyl/N-ethyl adjacent to an activating group) is 1. The van der Waals surface area contributed by atoms with Crippen LogP contribution in [0.3, 0.4) is 0 Å². The highest BCUT2D eigenvalue weighted by molar-refractivity contribution is 5.95. The minimum atomic E-state index is 0.118. The fourth-order valence-corrected chi connectivity index (χ4v) is 3.57. The summed E-state index contributed by atoms with van der Waals surface area (Å²) in [4.78, 5) is 16.4. The third kappa shape index (κ3) is 3.03. The number of ketones is 1. The van der Waals surface area contributed by atoms with Gasteiger partial charge in [0.15, 0.2) is 5.78 Å². The van der Waals surface area contributed by atoms with Crippen LogP contribution in [-0.4, -0.2) is 30.8 Å². The Morgan fingerprint density at radius 3 is 2.52 bits per heavy atom. The first-order valence-electron chi connectivity index (χ1n) is 8.70. The van der Waals surface area contributed by atoms with Crippen LogP contribution in [0.15, 0.2) is 60.7 Å². The third-order valence-corrected chi connectivity index (χ3v) is 4.97. The number of carbonyl (C=O) groups is 1. The molecule has 0 N–H and O–H groups in total. The van der Waals surface area contributed by atoms with Crippen molar-refractivity contribution in [2.75, 3.05) is 25.0 Å². The summed E-state index contributed by atoms with van der Waals surface area (Å²) in [6, 6.07) is 21.2. The molecule has 0 atom stereocenters. The number of anilines is 2. The molecule has 1 aliphatic heterocycles. The molecule has 0 aliphatic carbocycles. The molecular formula is C22H22N2O. The van der Waals surface area contributed by atoms with E-state index in [1.807, 2.05) is 12.1 Å². The summed E-state index contributed by atoms with van der Waals surface area (Å²) < 4.78 is 0. The number of benzene rings is 3. The van der Waals surface area contributed by atoms with E-state index in [0.29, 0.717) is 0 Å². The van der Waals surface area contributed by atoms with Crippen LogP contribution in [0, 0.1) is 0 Å². The van der Waals surface area contributed by atoms with Gasteiger partial charge in [-0.15, -0.1) is 0 Å². The first-order valence-corrected chi connectivity index (χ1v) is 8.70. The number of hydrogen-bond donors (Lipinski definition) is 0. The molecule has 0 amide bonds. The molecule has 4 rings (SSSR count). The number of nitrogens with zero attached hydrogens (tertiary/aromatic N) is 2. The molecule has 3 heteroatoms. The van der Waals surface area contributed by atoms with Crippen molar-refractivity contribution in [3.05, 3.63) is 71.8 Å². The van der Waals surface area contributed by atoms with Crippen molar-refractivity contribution in [3.63, 3.8) is 0 Å². The smallest absolute Gasteiger partial charge is 0.159 e. The minimum Gasteiger partial charge on any atom is -0.340 e. The second-order valence-electron chi connectivity index (χ2n) is 6.82. The van der Waals surface area contributed by atoms with E-state index < -0.39 is 0 Å². The molecule has 3 nitrogen and oxygen atoms in total. The molecule has 1 heterocycles. The van der Waals surface area contributed by atoms with Gasteiger partial charge >= 0.3 is 0 Å². The van der Waals surface area contributed by atoms with Crippen molar-refractivity contribution >= 4 is 27.9 Å². The molecule has 0 saturated heterocycles. The second-order valence-corrected chi connectivity index (χ2v) is 6.82. The van der Waals surface area contributed by atoms with Gasteiger partial charge in [-0.2, -0.15) is 0 Å². The lowest BCUT2D eigenvalue weighted by Crippen LogP contribution is -2.26.